The van der Waals surface area contributed by atoms with E-state index in [1.54, 1.807) is 4.90 Å². The number of nitrogens with one attached hydrogen (secondary N) is 1. The molecule has 0 aromatic heterocycles. The van der Waals surface area contributed by atoms with Gasteiger partial charge in [-0.15, -0.1) is 0 Å². The van der Waals surface area contributed by atoms with Gasteiger partial charge < -0.3 is 15.3 Å². The van der Waals surface area contributed by atoms with E-state index in [1.165, 1.54) is 11.1 Å². The molecule has 2 amide bonds. The van der Waals surface area contributed by atoms with E-state index >= 15 is 0 Å². The number of aliphatic hydroxyl groups excluding tert-OH is 1. The highest BCUT2D eigenvalue weighted by Gasteiger charge is 2.41. The minimum Gasteiger partial charge on any atom is -0.503 e. The van der Waals surface area contributed by atoms with Gasteiger partial charge in [0.15, 0.2) is 5.76 Å². The standard InChI is InChI=1S/C27H30N2O3/c1-17-7-8-20-11-14-24(22(20)15-17)29-16-23(25(30)27(29)32)26(31)28-21-12-9-19(10-13-21)18-5-3-2-4-6-18/h2-8,15,19,21,24,30H,9-14,16H2,1H3,(H,28,31). The summed E-state index contributed by atoms with van der Waals surface area (Å²) in [5, 5.41) is 13.6. The zero-order valence-corrected chi connectivity index (χ0v) is 18.5. The largest absolute Gasteiger partial charge is 0.503 e. The fourth-order valence-corrected chi connectivity index (χ4v) is 5.61. The van der Waals surface area contributed by atoms with E-state index in [0.29, 0.717) is 5.92 Å². The molecule has 2 aromatic carbocycles. The van der Waals surface area contributed by atoms with Gasteiger partial charge >= 0.3 is 0 Å². The molecule has 0 bridgehead atoms. The summed E-state index contributed by atoms with van der Waals surface area (Å²) in [5.74, 6) is -0.584. The second-order valence-corrected chi connectivity index (χ2v) is 9.45. The molecule has 1 unspecified atom stereocenters. The molecule has 32 heavy (non-hydrogen) atoms. The van der Waals surface area contributed by atoms with Crippen LogP contribution in [0.4, 0.5) is 0 Å². The van der Waals surface area contributed by atoms with Gasteiger partial charge in [-0.05, 0) is 68.1 Å². The topological polar surface area (TPSA) is 69.6 Å². The summed E-state index contributed by atoms with van der Waals surface area (Å²) in [6.07, 6.45) is 5.62. The van der Waals surface area contributed by atoms with E-state index < -0.39 is 5.91 Å². The number of benzene rings is 2. The van der Waals surface area contributed by atoms with Crippen molar-refractivity contribution in [3.05, 3.63) is 82.1 Å². The first-order valence-electron chi connectivity index (χ1n) is 11.7. The third-order valence-electron chi connectivity index (χ3n) is 7.41. The number of nitrogens with zero attached hydrogens (tertiary/aromatic N) is 1. The van der Waals surface area contributed by atoms with E-state index in [4.69, 9.17) is 0 Å². The Morgan fingerprint density at radius 3 is 2.53 bits per heavy atom. The number of aliphatic hydroxyl groups is 1. The lowest BCUT2D eigenvalue weighted by atomic mass is 9.82. The Labute approximate surface area is 189 Å². The van der Waals surface area contributed by atoms with E-state index in [1.807, 2.05) is 13.0 Å². The molecule has 5 rings (SSSR count). The zero-order chi connectivity index (χ0) is 22.2. The summed E-state index contributed by atoms with van der Waals surface area (Å²) in [6.45, 7) is 2.22. The molecule has 3 aliphatic rings. The Morgan fingerprint density at radius 1 is 1.03 bits per heavy atom. The van der Waals surface area contributed by atoms with Crippen LogP contribution in [0.2, 0.25) is 0 Å². The van der Waals surface area contributed by atoms with Gasteiger partial charge in [0.1, 0.15) is 0 Å². The van der Waals surface area contributed by atoms with Crippen molar-refractivity contribution in [2.45, 2.75) is 63.5 Å². The average molecular weight is 431 g/mol. The smallest absolute Gasteiger partial charge is 0.290 e. The normalized spacial score (nSPS) is 25.2. The first-order valence-corrected chi connectivity index (χ1v) is 11.7. The Bertz CT molecular complexity index is 1070. The lowest BCUT2D eigenvalue weighted by Crippen LogP contribution is -2.39. The van der Waals surface area contributed by atoms with Crippen LogP contribution in [0.3, 0.4) is 0 Å². The molecule has 2 N–H and O–H groups in total. The zero-order valence-electron chi connectivity index (χ0n) is 18.5. The summed E-state index contributed by atoms with van der Waals surface area (Å²) < 4.78 is 0. The van der Waals surface area contributed by atoms with Crippen LogP contribution in [0.25, 0.3) is 0 Å². The molecular weight excluding hydrogens is 400 g/mol. The van der Waals surface area contributed by atoms with Gasteiger partial charge in [-0.2, -0.15) is 0 Å². The highest BCUT2D eigenvalue weighted by atomic mass is 16.3. The molecule has 166 valence electrons. The number of fused-ring (bicyclic) bond motifs is 1. The highest BCUT2D eigenvalue weighted by Crippen LogP contribution is 2.39. The summed E-state index contributed by atoms with van der Waals surface area (Å²) in [4.78, 5) is 27.5. The molecule has 1 saturated carbocycles. The Hall–Kier alpha value is -3.08. The number of hydrogen-bond acceptors (Lipinski definition) is 3. The number of carbonyl (C=O) groups is 2. The van der Waals surface area contributed by atoms with E-state index in [-0.39, 0.29) is 35.9 Å². The second-order valence-electron chi connectivity index (χ2n) is 9.45. The van der Waals surface area contributed by atoms with E-state index in [2.05, 4.69) is 47.8 Å². The highest BCUT2D eigenvalue weighted by molar-refractivity contribution is 6.07. The molecular formula is C27H30N2O3. The van der Waals surface area contributed by atoms with Gasteiger partial charge in [-0.25, -0.2) is 0 Å². The van der Waals surface area contributed by atoms with Crippen LogP contribution in [0.15, 0.2) is 59.9 Å². The van der Waals surface area contributed by atoms with Gasteiger partial charge in [-0.1, -0.05) is 54.1 Å². The van der Waals surface area contributed by atoms with Crippen LogP contribution >= 0.6 is 0 Å². The number of carbonyl (C=O) groups excluding carboxylic acids is 2. The summed E-state index contributed by atoms with van der Waals surface area (Å²) >= 11 is 0. The second kappa shape index (κ2) is 8.45. The molecule has 0 saturated heterocycles. The molecule has 1 heterocycles. The van der Waals surface area contributed by atoms with Crippen LogP contribution in [0, 0.1) is 6.92 Å². The maximum Gasteiger partial charge on any atom is 0.290 e. The molecule has 5 nitrogen and oxygen atoms in total. The van der Waals surface area contributed by atoms with Crippen LogP contribution in [0.1, 0.15) is 66.3 Å². The monoisotopic (exact) mass is 430 g/mol. The summed E-state index contributed by atoms with van der Waals surface area (Å²) in [6, 6.07) is 16.9. The van der Waals surface area contributed by atoms with Crippen molar-refractivity contribution < 1.29 is 14.7 Å². The fraction of sp³-hybridized carbons (Fsp3) is 0.407. The summed E-state index contributed by atoms with van der Waals surface area (Å²) in [7, 11) is 0. The maximum absolute atomic E-state index is 13.0. The predicted octanol–water partition coefficient (Wildman–Crippen LogP) is 4.48. The van der Waals surface area contributed by atoms with Gasteiger partial charge in [0, 0.05) is 6.04 Å². The van der Waals surface area contributed by atoms with Crippen molar-refractivity contribution in [2.24, 2.45) is 0 Å². The van der Waals surface area contributed by atoms with Crippen LogP contribution in [-0.2, 0) is 16.0 Å². The predicted molar refractivity (Wildman–Crippen MR) is 123 cm³/mol. The number of rotatable bonds is 4. The molecule has 0 spiro atoms. The minimum absolute atomic E-state index is 0.0776. The molecule has 2 aliphatic carbocycles. The Morgan fingerprint density at radius 2 is 1.78 bits per heavy atom. The summed E-state index contributed by atoms with van der Waals surface area (Å²) in [5.41, 5.74) is 5.12. The van der Waals surface area contributed by atoms with Crippen LogP contribution in [0.5, 0.6) is 0 Å². The first-order chi connectivity index (χ1) is 15.5. The minimum atomic E-state index is -0.428. The maximum atomic E-state index is 13.0. The fourth-order valence-electron chi connectivity index (χ4n) is 5.61. The molecule has 0 radical (unpaired) electrons. The number of hydrogen-bond donors (Lipinski definition) is 2. The van der Waals surface area contributed by atoms with Crippen molar-refractivity contribution in [2.75, 3.05) is 6.54 Å². The van der Waals surface area contributed by atoms with Crippen molar-refractivity contribution >= 4 is 11.8 Å². The van der Waals surface area contributed by atoms with Crippen molar-refractivity contribution in [3.63, 3.8) is 0 Å². The number of amides is 2. The molecule has 1 atom stereocenters. The van der Waals surface area contributed by atoms with Crippen molar-refractivity contribution in [1.29, 1.82) is 0 Å². The van der Waals surface area contributed by atoms with Crippen molar-refractivity contribution in [3.8, 4) is 0 Å². The SMILES string of the molecule is Cc1ccc2c(c1)C(N1CC(C(=O)NC3CCC(c4ccccc4)CC3)=C(O)C1=O)CC2. The van der Waals surface area contributed by atoms with Crippen molar-refractivity contribution in [1.82, 2.24) is 10.2 Å². The Kier molecular flexibility index (Phi) is 5.50. The molecule has 5 heteroatoms. The quantitative estimate of drug-likeness (QED) is 0.751. The molecule has 2 aromatic rings. The first kappa shape index (κ1) is 20.8. The Balaban J connectivity index is 1.22. The molecule has 1 aliphatic heterocycles. The van der Waals surface area contributed by atoms with Gasteiger partial charge in [0.2, 0.25) is 0 Å². The molecule has 1 fully saturated rings. The van der Waals surface area contributed by atoms with Crippen LogP contribution < -0.4 is 5.32 Å². The average Bonchev–Trinajstić information content (AvgIpc) is 3.35. The van der Waals surface area contributed by atoms with Gasteiger partial charge in [-0.3, -0.25) is 9.59 Å². The van der Waals surface area contributed by atoms with Gasteiger partial charge in [0.25, 0.3) is 11.8 Å². The lowest BCUT2D eigenvalue weighted by molar-refractivity contribution is -0.130. The van der Waals surface area contributed by atoms with Crippen LogP contribution in [-0.4, -0.2) is 34.4 Å². The van der Waals surface area contributed by atoms with Gasteiger partial charge in [0.05, 0.1) is 18.2 Å². The van der Waals surface area contributed by atoms with E-state index in [9.17, 15) is 14.7 Å². The third-order valence-corrected chi connectivity index (χ3v) is 7.41. The number of aryl methyl sites for hydroxylation is 2. The lowest BCUT2D eigenvalue weighted by Gasteiger charge is -2.29. The third kappa shape index (κ3) is 3.81. The van der Waals surface area contributed by atoms with E-state index in [0.717, 1.165) is 49.7 Å².